The lowest BCUT2D eigenvalue weighted by molar-refractivity contribution is -0.102. The van der Waals surface area contributed by atoms with Crippen molar-refractivity contribution < 1.29 is 5.11 Å². The van der Waals surface area contributed by atoms with Crippen LogP contribution in [0.4, 0.5) is 0 Å². The smallest absolute Gasteiger partial charge is 0.223 e. The van der Waals surface area contributed by atoms with Crippen molar-refractivity contribution in [3.63, 3.8) is 0 Å². The van der Waals surface area contributed by atoms with Crippen molar-refractivity contribution in [2.24, 2.45) is 17.8 Å². The first-order valence-electron chi connectivity index (χ1n) is 9.98. The normalized spacial score (nSPS) is 38.3. The van der Waals surface area contributed by atoms with Crippen LogP contribution in [0.5, 0.6) is 5.75 Å². The van der Waals surface area contributed by atoms with Crippen molar-refractivity contribution in [3.8, 4) is 5.75 Å². The molecular weight excluding hydrogens is 314 g/mol. The molecule has 0 amide bonds. The second-order valence-electron chi connectivity index (χ2n) is 9.11. The second kappa shape index (κ2) is 5.85. The molecule has 2 N–H and O–H groups in total. The quantitative estimate of drug-likeness (QED) is 0.883. The molecule has 4 bridgehead atoms. The highest BCUT2D eigenvalue weighted by atomic mass is 16.3. The Morgan fingerprint density at radius 1 is 1.04 bits per heavy atom. The van der Waals surface area contributed by atoms with Crippen LogP contribution in [-0.4, -0.2) is 51.6 Å². The summed E-state index contributed by atoms with van der Waals surface area (Å²) in [6.07, 6.45) is 10.3. The van der Waals surface area contributed by atoms with Crippen molar-refractivity contribution in [1.29, 1.82) is 0 Å². The average Bonchev–Trinajstić information content (AvgIpc) is 2.58. The van der Waals surface area contributed by atoms with Gasteiger partial charge in [0, 0.05) is 56.2 Å². The second-order valence-corrected chi connectivity index (χ2v) is 9.11. The van der Waals surface area contributed by atoms with Gasteiger partial charge in [-0.25, -0.2) is 0 Å². The topological polar surface area (TPSA) is 59.6 Å². The highest BCUT2D eigenvalue weighted by Gasteiger charge is 2.53. The van der Waals surface area contributed by atoms with E-state index in [0.717, 1.165) is 56.2 Å². The predicted octanol–water partition coefficient (Wildman–Crippen LogP) is 2.17. The maximum atomic E-state index is 11.6. The van der Waals surface area contributed by atoms with Crippen LogP contribution in [0.15, 0.2) is 17.1 Å². The van der Waals surface area contributed by atoms with E-state index in [9.17, 15) is 9.90 Å². The van der Waals surface area contributed by atoms with Gasteiger partial charge < -0.3 is 10.1 Å². The summed E-state index contributed by atoms with van der Waals surface area (Å²) in [5.41, 5.74) is 1.13. The summed E-state index contributed by atoms with van der Waals surface area (Å²) in [5, 5.41) is 9.37. The van der Waals surface area contributed by atoms with Gasteiger partial charge in [-0.05, 0) is 56.3 Å². The van der Waals surface area contributed by atoms with Gasteiger partial charge in [0.2, 0.25) is 5.43 Å². The molecular formula is C20H29N3O2. The SMILES string of the molecule is O=c1cc(CN2CCN(C34CC5CC(CC(C5)C3)C4)CC2)[nH]cc1O. The Bertz CT molecular complexity index is 670. The molecule has 1 aromatic heterocycles. The van der Waals surface area contributed by atoms with E-state index in [1.165, 1.54) is 50.8 Å². The minimum Gasteiger partial charge on any atom is -0.503 e. The van der Waals surface area contributed by atoms with E-state index in [0.29, 0.717) is 5.54 Å². The van der Waals surface area contributed by atoms with Gasteiger partial charge in [-0.3, -0.25) is 14.6 Å². The van der Waals surface area contributed by atoms with Gasteiger partial charge >= 0.3 is 0 Å². The number of hydrogen-bond acceptors (Lipinski definition) is 4. The number of rotatable bonds is 3. The van der Waals surface area contributed by atoms with Crippen LogP contribution < -0.4 is 5.43 Å². The molecule has 1 aromatic rings. The Kier molecular flexibility index (Phi) is 3.72. The predicted molar refractivity (Wildman–Crippen MR) is 96.5 cm³/mol. The Hall–Kier alpha value is -1.33. The first-order valence-corrected chi connectivity index (χ1v) is 9.98. The Morgan fingerprint density at radius 2 is 1.64 bits per heavy atom. The number of pyridine rings is 1. The zero-order valence-electron chi connectivity index (χ0n) is 14.9. The number of aromatic hydroxyl groups is 1. The van der Waals surface area contributed by atoms with Crippen LogP contribution in [0.25, 0.3) is 0 Å². The van der Waals surface area contributed by atoms with Crippen molar-refractivity contribution in [1.82, 2.24) is 14.8 Å². The number of aromatic nitrogens is 1. The summed E-state index contributed by atoms with van der Waals surface area (Å²) in [7, 11) is 0. The summed E-state index contributed by atoms with van der Waals surface area (Å²) in [5.74, 6) is 2.82. The molecule has 0 unspecified atom stereocenters. The van der Waals surface area contributed by atoms with Gasteiger partial charge in [-0.15, -0.1) is 0 Å². The average molecular weight is 343 g/mol. The summed E-state index contributed by atoms with van der Waals surface area (Å²) in [6, 6.07) is 1.53. The zero-order chi connectivity index (χ0) is 17.0. The number of piperazine rings is 1. The fourth-order valence-electron chi connectivity index (χ4n) is 6.67. The molecule has 4 aliphatic carbocycles. The number of hydrogen-bond donors (Lipinski definition) is 2. The maximum absolute atomic E-state index is 11.6. The van der Waals surface area contributed by atoms with Gasteiger partial charge in [0.05, 0.1) is 0 Å². The summed E-state index contributed by atoms with van der Waals surface area (Å²) >= 11 is 0. The Morgan fingerprint density at radius 3 is 2.20 bits per heavy atom. The number of nitrogens with zero attached hydrogens (tertiary/aromatic N) is 2. The third-order valence-corrected chi connectivity index (χ3v) is 7.40. The van der Waals surface area contributed by atoms with E-state index in [4.69, 9.17) is 0 Å². The number of nitrogens with one attached hydrogen (secondary N) is 1. The van der Waals surface area contributed by atoms with Gasteiger partial charge in [-0.2, -0.15) is 0 Å². The molecule has 5 aliphatic rings. The standard InChI is InChI=1S/C20H29N3O2/c24-18-8-17(21-12-19(18)25)13-22-1-3-23(4-2-22)20-9-14-5-15(10-20)7-16(6-14)11-20/h8,12,14-16,25H,1-7,9-11,13H2,(H,21,24). The first-order chi connectivity index (χ1) is 12.1. The molecule has 6 rings (SSSR count). The Labute approximate surface area is 149 Å². The molecule has 0 spiro atoms. The van der Waals surface area contributed by atoms with E-state index < -0.39 is 0 Å². The van der Waals surface area contributed by atoms with Crippen molar-refractivity contribution in [3.05, 3.63) is 28.2 Å². The lowest BCUT2D eigenvalue weighted by atomic mass is 9.52. The monoisotopic (exact) mass is 343 g/mol. The zero-order valence-corrected chi connectivity index (χ0v) is 14.9. The summed E-state index contributed by atoms with van der Waals surface area (Å²) in [6.45, 7) is 5.24. The third-order valence-electron chi connectivity index (χ3n) is 7.40. The number of aromatic amines is 1. The fraction of sp³-hybridized carbons (Fsp3) is 0.750. The van der Waals surface area contributed by atoms with Crippen LogP contribution in [0.3, 0.4) is 0 Å². The van der Waals surface area contributed by atoms with Crippen LogP contribution in [-0.2, 0) is 6.54 Å². The van der Waals surface area contributed by atoms with E-state index in [1.54, 1.807) is 0 Å². The number of H-pyrrole nitrogens is 1. The van der Waals surface area contributed by atoms with Crippen LogP contribution in [0.2, 0.25) is 0 Å². The fourth-order valence-corrected chi connectivity index (χ4v) is 6.67. The molecule has 0 radical (unpaired) electrons. The van der Waals surface area contributed by atoms with Gasteiger partial charge in [-0.1, -0.05) is 0 Å². The molecule has 1 saturated heterocycles. The van der Waals surface area contributed by atoms with E-state index in [1.807, 2.05) is 0 Å². The van der Waals surface area contributed by atoms with Crippen LogP contribution in [0, 0.1) is 17.8 Å². The Balaban J connectivity index is 1.23. The van der Waals surface area contributed by atoms with Gasteiger partial charge in [0.25, 0.3) is 0 Å². The minimum absolute atomic E-state index is 0.199. The van der Waals surface area contributed by atoms with E-state index >= 15 is 0 Å². The first kappa shape index (κ1) is 15.9. The molecule has 5 heteroatoms. The lowest BCUT2D eigenvalue weighted by Crippen LogP contribution is -2.63. The highest BCUT2D eigenvalue weighted by Crippen LogP contribution is 2.57. The molecule has 0 atom stereocenters. The lowest BCUT2D eigenvalue weighted by Gasteiger charge is -2.61. The molecule has 5 nitrogen and oxygen atoms in total. The highest BCUT2D eigenvalue weighted by molar-refractivity contribution is 5.18. The van der Waals surface area contributed by atoms with E-state index in [-0.39, 0.29) is 11.2 Å². The molecule has 2 heterocycles. The van der Waals surface area contributed by atoms with Crippen LogP contribution >= 0.6 is 0 Å². The van der Waals surface area contributed by atoms with E-state index in [2.05, 4.69) is 14.8 Å². The maximum Gasteiger partial charge on any atom is 0.223 e. The molecule has 5 fully saturated rings. The summed E-state index contributed by atoms with van der Waals surface area (Å²) < 4.78 is 0. The third kappa shape index (κ3) is 2.81. The van der Waals surface area contributed by atoms with Gasteiger partial charge in [0.1, 0.15) is 0 Å². The van der Waals surface area contributed by atoms with Crippen molar-refractivity contribution >= 4 is 0 Å². The minimum atomic E-state index is -0.291. The molecule has 4 saturated carbocycles. The largest absolute Gasteiger partial charge is 0.503 e. The molecule has 136 valence electrons. The molecule has 25 heavy (non-hydrogen) atoms. The molecule has 1 aliphatic heterocycles. The summed E-state index contributed by atoms with van der Waals surface area (Å²) in [4.78, 5) is 19.9. The van der Waals surface area contributed by atoms with Crippen molar-refractivity contribution in [2.45, 2.75) is 50.6 Å². The van der Waals surface area contributed by atoms with Crippen LogP contribution in [0.1, 0.15) is 44.2 Å². The van der Waals surface area contributed by atoms with Crippen molar-refractivity contribution in [2.75, 3.05) is 26.2 Å². The van der Waals surface area contributed by atoms with Gasteiger partial charge in [0.15, 0.2) is 5.75 Å². The molecule has 0 aromatic carbocycles.